The van der Waals surface area contributed by atoms with Gasteiger partial charge in [-0.05, 0) is 23.8 Å². The number of benzene rings is 1. The number of thiol groups is 1. The van der Waals surface area contributed by atoms with Gasteiger partial charge in [0.25, 0.3) is 0 Å². The third kappa shape index (κ3) is 3.26. The molecule has 3 heteroatoms. The first-order valence-electron chi connectivity index (χ1n) is 6.00. The van der Waals surface area contributed by atoms with Gasteiger partial charge in [0.2, 0.25) is 0 Å². The third-order valence-electron chi connectivity index (χ3n) is 2.87. The predicted octanol–water partition coefficient (Wildman–Crippen LogP) is 3.12. The molecular weight excluding hydrogens is 240 g/mol. The normalized spacial score (nSPS) is 20.4. The van der Waals surface area contributed by atoms with Gasteiger partial charge in [-0.1, -0.05) is 30.4 Å². The molecule has 1 aromatic rings. The van der Waals surface area contributed by atoms with Crippen LogP contribution in [0.25, 0.3) is 0 Å². The fraction of sp³-hybridized carbons (Fsp3) is 0.267. The zero-order valence-electron chi connectivity index (χ0n) is 10.7. The standard InChI is InChI=1S/C15H18N2S/c1-17(2)13-9-7-12(8-10-13)11-16-14-5-3-4-6-15(14)18/h3-10,15,18H,11H2,1-2H3. The van der Waals surface area contributed by atoms with Gasteiger partial charge in [0.15, 0.2) is 0 Å². The Labute approximate surface area is 114 Å². The SMILES string of the molecule is CN(C)c1ccc(CN=C2C=CC=CC2S)cc1. The number of aliphatic imine (C=N–C) groups is 1. The van der Waals surface area contributed by atoms with Crippen LogP contribution in [0.5, 0.6) is 0 Å². The molecule has 0 amide bonds. The van der Waals surface area contributed by atoms with Crippen LogP contribution in [0, 0.1) is 0 Å². The minimum absolute atomic E-state index is 0.121. The Hall–Kier alpha value is -1.48. The van der Waals surface area contributed by atoms with E-state index < -0.39 is 0 Å². The van der Waals surface area contributed by atoms with Gasteiger partial charge in [-0.2, -0.15) is 12.6 Å². The van der Waals surface area contributed by atoms with Crippen molar-refractivity contribution in [3.63, 3.8) is 0 Å². The van der Waals surface area contributed by atoms with Crippen LogP contribution in [0.4, 0.5) is 5.69 Å². The Morgan fingerprint density at radius 2 is 1.89 bits per heavy atom. The largest absolute Gasteiger partial charge is 0.378 e. The highest BCUT2D eigenvalue weighted by Crippen LogP contribution is 2.14. The van der Waals surface area contributed by atoms with Crippen LogP contribution in [0.3, 0.4) is 0 Å². The fourth-order valence-corrected chi connectivity index (χ4v) is 2.02. The number of allylic oxidation sites excluding steroid dienone is 3. The van der Waals surface area contributed by atoms with Crippen LogP contribution in [-0.2, 0) is 6.54 Å². The second-order valence-corrected chi connectivity index (χ2v) is 5.05. The van der Waals surface area contributed by atoms with E-state index >= 15 is 0 Å². The molecule has 0 spiro atoms. The highest BCUT2D eigenvalue weighted by atomic mass is 32.1. The molecule has 0 aromatic heterocycles. The Morgan fingerprint density at radius 1 is 1.17 bits per heavy atom. The first kappa shape index (κ1) is 13.0. The van der Waals surface area contributed by atoms with Crippen LogP contribution in [0.1, 0.15) is 5.56 Å². The molecular formula is C15H18N2S. The number of rotatable bonds is 3. The van der Waals surface area contributed by atoms with Crippen LogP contribution < -0.4 is 4.90 Å². The van der Waals surface area contributed by atoms with Crippen LogP contribution >= 0.6 is 12.6 Å². The summed E-state index contributed by atoms with van der Waals surface area (Å²) in [7, 11) is 4.08. The van der Waals surface area contributed by atoms with E-state index in [1.807, 2.05) is 38.4 Å². The Balaban J connectivity index is 2.04. The van der Waals surface area contributed by atoms with Crippen molar-refractivity contribution < 1.29 is 0 Å². The lowest BCUT2D eigenvalue weighted by molar-refractivity contribution is 1.05. The van der Waals surface area contributed by atoms with E-state index in [-0.39, 0.29) is 5.25 Å². The van der Waals surface area contributed by atoms with Gasteiger partial charge in [0.05, 0.1) is 17.5 Å². The summed E-state index contributed by atoms with van der Waals surface area (Å²) in [6.45, 7) is 0.707. The summed E-state index contributed by atoms with van der Waals surface area (Å²) in [6, 6.07) is 8.47. The molecule has 18 heavy (non-hydrogen) atoms. The van der Waals surface area contributed by atoms with Gasteiger partial charge < -0.3 is 4.90 Å². The Kier molecular flexibility index (Phi) is 4.26. The number of nitrogens with zero attached hydrogens (tertiary/aromatic N) is 2. The maximum absolute atomic E-state index is 4.60. The summed E-state index contributed by atoms with van der Waals surface area (Å²) < 4.78 is 0. The van der Waals surface area contributed by atoms with E-state index in [4.69, 9.17) is 0 Å². The van der Waals surface area contributed by atoms with Crippen molar-refractivity contribution in [1.29, 1.82) is 0 Å². The van der Waals surface area contributed by atoms with Gasteiger partial charge in [0, 0.05) is 19.8 Å². The predicted molar refractivity (Wildman–Crippen MR) is 83.0 cm³/mol. The minimum Gasteiger partial charge on any atom is -0.378 e. The van der Waals surface area contributed by atoms with E-state index in [9.17, 15) is 0 Å². The lowest BCUT2D eigenvalue weighted by Crippen LogP contribution is -2.11. The summed E-state index contributed by atoms with van der Waals surface area (Å²) in [5.41, 5.74) is 3.45. The van der Waals surface area contributed by atoms with Crippen LogP contribution in [0.15, 0.2) is 53.6 Å². The number of hydrogen-bond donors (Lipinski definition) is 1. The molecule has 1 atom stereocenters. The molecule has 0 saturated heterocycles. The number of anilines is 1. The zero-order valence-corrected chi connectivity index (χ0v) is 11.6. The molecule has 0 fully saturated rings. The second-order valence-electron chi connectivity index (χ2n) is 4.49. The van der Waals surface area contributed by atoms with Gasteiger partial charge in [0.1, 0.15) is 0 Å². The molecule has 0 radical (unpaired) electrons. The first-order valence-corrected chi connectivity index (χ1v) is 6.52. The Morgan fingerprint density at radius 3 is 2.50 bits per heavy atom. The highest BCUT2D eigenvalue weighted by molar-refractivity contribution is 7.82. The number of hydrogen-bond acceptors (Lipinski definition) is 3. The summed E-state index contributed by atoms with van der Waals surface area (Å²) in [6.07, 6.45) is 8.06. The molecule has 0 bridgehead atoms. The van der Waals surface area contributed by atoms with Crippen molar-refractivity contribution in [3.05, 3.63) is 54.1 Å². The molecule has 94 valence electrons. The molecule has 2 rings (SSSR count). The maximum Gasteiger partial charge on any atom is 0.0643 e. The van der Waals surface area contributed by atoms with E-state index in [2.05, 4.69) is 46.8 Å². The van der Waals surface area contributed by atoms with Gasteiger partial charge in [-0.25, -0.2) is 0 Å². The fourth-order valence-electron chi connectivity index (χ4n) is 1.75. The highest BCUT2D eigenvalue weighted by Gasteiger charge is 2.06. The smallest absolute Gasteiger partial charge is 0.0643 e. The Bertz CT molecular complexity index is 484. The molecule has 1 aliphatic rings. The molecule has 2 nitrogen and oxygen atoms in total. The molecule has 1 aromatic carbocycles. The van der Waals surface area contributed by atoms with Gasteiger partial charge in [-0.3, -0.25) is 4.99 Å². The van der Waals surface area contributed by atoms with Crippen molar-refractivity contribution in [1.82, 2.24) is 0 Å². The van der Waals surface area contributed by atoms with E-state index in [1.54, 1.807) is 0 Å². The third-order valence-corrected chi connectivity index (χ3v) is 3.31. The maximum atomic E-state index is 4.60. The molecule has 0 N–H and O–H groups in total. The van der Waals surface area contributed by atoms with Crippen LogP contribution in [0.2, 0.25) is 0 Å². The molecule has 1 aliphatic carbocycles. The van der Waals surface area contributed by atoms with Crippen molar-refractivity contribution in [2.24, 2.45) is 4.99 Å². The van der Waals surface area contributed by atoms with Gasteiger partial charge >= 0.3 is 0 Å². The van der Waals surface area contributed by atoms with E-state index in [0.717, 1.165) is 5.71 Å². The monoisotopic (exact) mass is 258 g/mol. The van der Waals surface area contributed by atoms with Crippen molar-refractivity contribution in [3.8, 4) is 0 Å². The summed E-state index contributed by atoms with van der Waals surface area (Å²) >= 11 is 4.47. The minimum atomic E-state index is 0.121. The van der Waals surface area contributed by atoms with Crippen molar-refractivity contribution >= 4 is 24.0 Å². The lowest BCUT2D eigenvalue weighted by Gasteiger charge is -2.12. The summed E-state index contributed by atoms with van der Waals surface area (Å²) in [5, 5.41) is 0.121. The topological polar surface area (TPSA) is 15.6 Å². The second kappa shape index (κ2) is 5.91. The van der Waals surface area contributed by atoms with E-state index in [1.165, 1.54) is 11.3 Å². The molecule has 0 aliphatic heterocycles. The zero-order chi connectivity index (χ0) is 13.0. The van der Waals surface area contributed by atoms with Gasteiger partial charge in [-0.15, -0.1) is 0 Å². The molecule has 1 unspecified atom stereocenters. The quantitative estimate of drug-likeness (QED) is 0.824. The molecule has 0 heterocycles. The van der Waals surface area contributed by atoms with Crippen molar-refractivity contribution in [2.45, 2.75) is 11.8 Å². The average molecular weight is 258 g/mol. The first-order chi connectivity index (χ1) is 8.66. The average Bonchev–Trinajstić information content (AvgIpc) is 2.38. The van der Waals surface area contributed by atoms with E-state index in [0.29, 0.717) is 6.54 Å². The molecule has 0 saturated carbocycles. The van der Waals surface area contributed by atoms with Crippen molar-refractivity contribution in [2.75, 3.05) is 19.0 Å². The summed E-state index contributed by atoms with van der Waals surface area (Å²) in [5.74, 6) is 0. The lowest BCUT2D eigenvalue weighted by atomic mass is 10.1. The van der Waals surface area contributed by atoms with Crippen LogP contribution in [-0.4, -0.2) is 25.1 Å². The summed E-state index contributed by atoms with van der Waals surface area (Å²) in [4.78, 5) is 6.69.